The van der Waals surface area contributed by atoms with Crippen LogP contribution in [0.2, 0.25) is 0 Å². The molecule has 0 radical (unpaired) electrons. The fourth-order valence-corrected chi connectivity index (χ4v) is 0.926. The van der Waals surface area contributed by atoms with Crippen LogP contribution in [0.1, 0.15) is 11.5 Å². The Morgan fingerprint density at radius 3 is 1.91 bits per heavy atom. The average Bonchev–Trinajstić information content (AvgIpc) is 2.38. The minimum Gasteiger partial charge on any atom is -0.465 e. The molecular formula is C10H12O. The molecular weight excluding hydrogens is 136 g/mol. The Labute approximate surface area is 67.0 Å². The molecule has 1 heterocycles. The molecule has 11 heavy (non-hydrogen) atoms. The van der Waals surface area contributed by atoms with Gasteiger partial charge in [0.25, 0.3) is 0 Å². The van der Waals surface area contributed by atoms with E-state index in [2.05, 4.69) is 13.2 Å². The number of hydrogen-bond donors (Lipinski definition) is 0. The van der Waals surface area contributed by atoms with E-state index >= 15 is 0 Å². The Kier molecular flexibility index (Phi) is 2.73. The Morgan fingerprint density at radius 2 is 1.55 bits per heavy atom. The first kappa shape index (κ1) is 7.86. The molecule has 0 aliphatic carbocycles. The zero-order chi connectivity index (χ0) is 8.10. The van der Waals surface area contributed by atoms with Gasteiger partial charge in [-0.15, -0.1) is 13.2 Å². The molecule has 1 rings (SSSR count). The lowest BCUT2D eigenvalue weighted by atomic mass is 10.3. The van der Waals surface area contributed by atoms with Crippen molar-refractivity contribution in [3.8, 4) is 0 Å². The summed E-state index contributed by atoms with van der Waals surface area (Å²) in [5.41, 5.74) is 0. The van der Waals surface area contributed by atoms with E-state index in [1.54, 1.807) is 0 Å². The van der Waals surface area contributed by atoms with Gasteiger partial charge in [-0.3, -0.25) is 0 Å². The number of allylic oxidation sites excluding steroid dienone is 2. The molecule has 0 spiro atoms. The second-order valence-corrected chi connectivity index (χ2v) is 2.35. The molecule has 1 nitrogen and oxygen atoms in total. The summed E-state index contributed by atoms with van der Waals surface area (Å²) in [6.45, 7) is 7.26. The maximum Gasteiger partial charge on any atom is 0.107 e. The highest BCUT2D eigenvalue weighted by Gasteiger charge is 1.96. The van der Waals surface area contributed by atoms with Crippen LogP contribution in [0, 0.1) is 0 Å². The molecule has 0 fully saturated rings. The average molecular weight is 148 g/mol. The number of rotatable bonds is 4. The molecule has 0 N–H and O–H groups in total. The van der Waals surface area contributed by atoms with Crippen LogP contribution in [0.15, 0.2) is 41.9 Å². The molecule has 0 unspecified atom stereocenters. The smallest absolute Gasteiger partial charge is 0.107 e. The van der Waals surface area contributed by atoms with Crippen molar-refractivity contribution in [1.29, 1.82) is 0 Å². The summed E-state index contributed by atoms with van der Waals surface area (Å²) in [6, 6.07) is 3.95. The summed E-state index contributed by atoms with van der Waals surface area (Å²) in [5.74, 6) is 1.94. The standard InChI is InChI=1S/C10H12O/c1-3-5-9-7-8-10(11-9)6-4-2/h3-4,7-8H,1-2,5-6H2. The quantitative estimate of drug-likeness (QED) is 0.598. The van der Waals surface area contributed by atoms with Gasteiger partial charge < -0.3 is 4.42 Å². The largest absolute Gasteiger partial charge is 0.465 e. The van der Waals surface area contributed by atoms with Crippen LogP contribution in [0.25, 0.3) is 0 Å². The molecule has 1 aromatic heterocycles. The van der Waals surface area contributed by atoms with Crippen LogP contribution in [-0.2, 0) is 12.8 Å². The van der Waals surface area contributed by atoms with Crippen molar-refractivity contribution in [2.45, 2.75) is 12.8 Å². The second kappa shape index (κ2) is 3.81. The van der Waals surface area contributed by atoms with E-state index in [9.17, 15) is 0 Å². The maximum absolute atomic E-state index is 5.42. The monoisotopic (exact) mass is 148 g/mol. The third-order valence-electron chi connectivity index (χ3n) is 1.41. The highest BCUT2D eigenvalue weighted by atomic mass is 16.3. The van der Waals surface area contributed by atoms with Crippen LogP contribution in [0.4, 0.5) is 0 Å². The highest BCUT2D eigenvalue weighted by Crippen LogP contribution is 2.09. The normalized spacial score (nSPS) is 9.45. The first-order valence-corrected chi connectivity index (χ1v) is 3.66. The van der Waals surface area contributed by atoms with Crippen LogP contribution >= 0.6 is 0 Å². The first-order valence-electron chi connectivity index (χ1n) is 3.66. The molecule has 0 bridgehead atoms. The molecule has 0 amide bonds. The van der Waals surface area contributed by atoms with Gasteiger partial charge in [0.1, 0.15) is 11.5 Å². The van der Waals surface area contributed by atoms with E-state index in [1.165, 1.54) is 0 Å². The summed E-state index contributed by atoms with van der Waals surface area (Å²) in [4.78, 5) is 0. The first-order chi connectivity index (χ1) is 5.36. The summed E-state index contributed by atoms with van der Waals surface area (Å²) in [7, 11) is 0. The van der Waals surface area contributed by atoms with E-state index in [-0.39, 0.29) is 0 Å². The van der Waals surface area contributed by atoms with Gasteiger partial charge in [0.05, 0.1) is 0 Å². The number of furan rings is 1. The molecule has 0 aliphatic rings. The predicted molar refractivity (Wildman–Crippen MR) is 46.5 cm³/mol. The van der Waals surface area contributed by atoms with Gasteiger partial charge >= 0.3 is 0 Å². The van der Waals surface area contributed by atoms with E-state index in [4.69, 9.17) is 4.42 Å². The third-order valence-corrected chi connectivity index (χ3v) is 1.41. The van der Waals surface area contributed by atoms with Gasteiger partial charge in [-0.05, 0) is 12.1 Å². The minimum absolute atomic E-state index is 0.803. The maximum atomic E-state index is 5.42. The van der Waals surface area contributed by atoms with Crippen molar-refractivity contribution in [1.82, 2.24) is 0 Å². The molecule has 1 heteroatoms. The molecule has 58 valence electrons. The zero-order valence-electron chi connectivity index (χ0n) is 6.55. The Morgan fingerprint density at radius 1 is 1.09 bits per heavy atom. The van der Waals surface area contributed by atoms with Gasteiger partial charge in [0.2, 0.25) is 0 Å². The Bertz CT molecular complexity index is 221. The Balaban J connectivity index is 2.64. The van der Waals surface area contributed by atoms with E-state index in [0.717, 1.165) is 24.4 Å². The van der Waals surface area contributed by atoms with Crippen molar-refractivity contribution in [3.05, 3.63) is 49.0 Å². The molecule has 0 saturated heterocycles. The van der Waals surface area contributed by atoms with Gasteiger partial charge in [-0.25, -0.2) is 0 Å². The van der Waals surface area contributed by atoms with Crippen LogP contribution in [-0.4, -0.2) is 0 Å². The van der Waals surface area contributed by atoms with Gasteiger partial charge in [-0.2, -0.15) is 0 Å². The van der Waals surface area contributed by atoms with Crippen molar-refractivity contribution in [2.24, 2.45) is 0 Å². The summed E-state index contributed by atoms with van der Waals surface area (Å²) in [5, 5.41) is 0. The highest BCUT2D eigenvalue weighted by molar-refractivity contribution is 5.11. The predicted octanol–water partition coefficient (Wildman–Crippen LogP) is 2.74. The van der Waals surface area contributed by atoms with E-state index < -0.39 is 0 Å². The lowest BCUT2D eigenvalue weighted by Gasteiger charge is -1.88. The Hall–Kier alpha value is -1.24. The van der Waals surface area contributed by atoms with Gasteiger partial charge in [0.15, 0.2) is 0 Å². The van der Waals surface area contributed by atoms with Crippen LogP contribution in [0.5, 0.6) is 0 Å². The third kappa shape index (κ3) is 2.11. The zero-order valence-corrected chi connectivity index (χ0v) is 6.55. The molecule has 0 saturated carbocycles. The molecule has 0 aromatic carbocycles. The van der Waals surface area contributed by atoms with Crippen molar-refractivity contribution in [3.63, 3.8) is 0 Å². The van der Waals surface area contributed by atoms with Crippen molar-refractivity contribution in [2.75, 3.05) is 0 Å². The van der Waals surface area contributed by atoms with Gasteiger partial charge in [-0.1, -0.05) is 12.2 Å². The van der Waals surface area contributed by atoms with Crippen LogP contribution in [0.3, 0.4) is 0 Å². The SMILES string of the molecule is C=CCc1ccc(CC=C)o1. The molecule has 1 aromatic rings. The number of hydrogen-bond acceptors (Lipinski definition) is 1. The molecule has 0 atom stereocenters. The summed E-state index contributed by atoms with van der Waals surface area (Å²) in [6.07, 6.45) is 5.27. The summed E-state index contributed by atoms with van der Waals surface area (Å²) >= 11 is 0. The summed E-state index contributed by atoms with van der Waals surface area (Å²) < 4.78 is 5.42. The fraction of sp³-hybridized carbons (Fsp3) is 0.200. The van der Waals surface area contributed by atoms with E-state index in [1.807, 2.05) is 24.3 Å². The lowest BCUT2D eigenvalue weighted by Crippen LogP contribution is -1.74. The fourth-order valence-electron chi connectivity index (χ4n) is 0.926. The topological polar surface area (TPSA) is 13.1 Å². The van der Waals surface area contributed by atoms with E-state index in [0.29, 0.717) is 0 Å². The van der Waals surface area contributed by atoms with Gasteiger partial charge in [0, 0.05) is 12.8 Å². The van der Waals surface area contributed by atoms with Crippen LogP contribution < -0.4 is 0 Å². The minimum atomic E-state index is 0.803. The van der Waals surface area contributed by atoms with Crippen molar-refractivity contribution >= 4 is 0 Å². The van der Waals surface area contributed by atoms with Crippen molar-refractivity contribution < 1.29 is 4.42 Å². The second-order valence-electron chi connectivity index (χ2n) is 2.35. The lowest BCUT2D eigenvalue weighted by molar-refractivity contribution is 0.485. The molecule has 0 aliphatic heterocycles.